The van der Waals surface area contributed by atoms with E-state index < -0.39 is 0 Å². The van der Waals surface area contributed by atoms with E-state index in [-0.39, 0.29) is 11.5 Å². The average Bonchev–Trinajstić information content (AvgIpc) is 2.25. The van der Waals surface area contributed by atoms with Gasteiger partial charge >= 0.3 is 0 Å². The first-order valence-electron chi connectivity index (χ1n) is 4.75. The van der Waals surface area contributed by atoms with Crippen LogP contribution < -0.4 is 10.6 Å². The zero-order valence-electron chi connectivity index (χ0n) is 8.17. The van der Waals surface area contributed by atoms with E-state index in [1.807, 2.05) is 4.90 Å². The topological polar surface area (TPSA) is 38.5 Å². The third kappa shape index (κ3) is 2.16. The van der Waals surface area contributed by atoms with Crippen LogP contribution in [0.1, 0.15) is 0 Å². The summed E-state index contributed by atoms with van der Waals surface area (Å²) in [5, 5.41) is 0.387. The van der Waals surface area contributed by atoms with Gasteiger partial charge in [-0.1, -0.05) is 11.6 Å². The smallest absolute Gasteiger partial charge is 0.148 e. The van der Waals surface area contributed by atoms with Crippen molar-refractivity contribution < 1.29 is 9.13 Å². The number of hydrogen-bond acceptors (Lipinski definition) is 3. The van der Waals surface area contributed by atoms with Crippen LogP contribution in [0.15, 0.2) is 12.1 Å². The molecule has 1 heterocycles. The number of nitrogens with two attached hydrogens (primary N) is 1. The van der Waals surface area contributed by atoms with Gasteiger partial charge in [0.15, 0.2) is 0 Å². The van der Waals surface area contributed by atoms with Crippen LogP contribution in [-0.4, -0.2) is 26.3 Å². The molecule has 3 nitrogen and oxygen atoms in total. The number of benzene rings is 1. The van der Waals surface area contributed by atoms with Crippen molar-refractivity contribution in [2.24, 2.45) is 0 Å². The molecule has 5 heteroatoms. The van der Waals surface area contributed by atoms with E-state index in [1.165, 1.54) is 6.07 Å². The minimum Gasteiger partial charge on any atom is -0.397 e. The van der Waals surface area contributed by atoms with E-state index in [4.69, 9.17) is 22.1 Å². The van der Waals surface area contributed by atoms with Gasteiger partial charge in [-0.05, 0) is 6.07 Å². The Morgan fingerprint density at radius 3 is 2.67 bits per heavy atom. The maximum atomic E-state index is 13.6. The van der Waals surface area contributed by atoms with Crippen molar-refractivity contribution in [1.82, 2.24) is 0 Å². The molecule has 2 rings (SSSR count). The van der Waals surface area contributed by atoms with Crippen molar-refractivity contribution in [1.29, 1.82) is 0 Å². The highest BCUT2D eigenvalue weighted by Crippen LogP contribution is 2.29. The first-order chi connectivity index (χ1) is 7.18. The standard InChI is InChI=1S/C10H12ClFN2O/c11-7-5-10(8(12)6-9(7)13)14-1-3-15-4-2-14/h5-6H,1-4,13H2. The Morgan fingerprint density at radius 2 is 2.00 bits per heavy atom. The van der Waals surface area contributed by atoms with Crippen molar-refractivity contribution in [3.63, 3.8) is 0 Å². The SMILES string of the molecule is Nc1cc(F)c(N2CCOCC2)cc1Cl. The van der Waals surface area contributed by atoms with Gasteiger partial charge in [-0.25, -0.2) is 4.39 Å². The molecule has 0 saturated carbocycles. The molecule has 0 atom stereocenters. The highest BCUT2D eigenvalue weighted by atomic mass is 35.5. The van der Waals surface area contributed by atoms with Crippen LogP contribution in [0, 0.1) is 5.82 Å². The second kappa shape index (κ2) is 4.24. The van der Waals surface area contributed by atoms with Crippen LogP contribution >= 0.6 is 11.6 Å². The normalized spacial score (nSPS) is 16.8. The number of hydrogen-bond donors (Lipinski definition) is 1. The largest absolute Gasteiger partial charge is 0.397 e. The molecule has 1 saturated heterocycles. The molecular weight excluding hydrogens is 219 g/mol. The lowest BCUT2D eigenvalue weighted by Crippen LogP contribution is -2.36. The highest BCUT2D eigenvalue weighted by molar-refractivity contribution is 6.33. The number of morpholine rings is 1. The Balaban J connectivity index is 2.30. The summed E-state index contributed by atoms with van der Waals surface area (Å²) >= 11 is 5.86. The summed E-state index contributed by atoms with van der Waals surface area (Å²) in [6.45, 7) is 2.58. The Morgan fingerprint density at radius 1 is 1.33 bits per heavy atom. The van der Waals surface area contributed by atoms with E-state index in [0.717, 1.165) is 0 Å². The lowest BCUT2D eigenvalue weighted by atomic mass is 10.2. The zero-order chi connectivity index (χ0) is 10.8. The van der Waals surface area contributed by atoms with Crippen LogP contribution in [0.4, 0.5) is 15.8 Å². The summed E-state index contributed by atoms with van der Waals surface area (Å²) in [6, 6.07) is 2.82. The third-order valence-electron chi connectivity index (χ3n) is 2.42. The van der Waals surface area contributed by atoms with E-state index in [2.05, 4.69) is 0 Å². The second-order valence-corrected chi connectivity index (χ2v) is 3.83. The lowest BCUT2D eigenvalue weighted by Gasteiger charge is -2.29. The molecule has 82 valence electrons. The minimum absolute atomic E-state index is 0.270. The van der Waals surface area contributed by atoms with Gasteiger partial charge in [0.05, 0.1) is 29.6 Å². The summed E-state index contributed by atoms with van der Waals surface area (Å²) in [6.07, 6.45) is 0. The van der Waals surface area contributed by atoms with Crippen LogP contribution in [0.3, 0.4) is 0 Å². The van der Waals surface area contributed by atoms with E-state index in [0.29, 0.717) is 37.0 Å². The predicted octanol–water partition coefficient (Wildman–Crippen LogP) is 1.90. The van der Waals surface area contributed by atoms with E-state index >= 15 is 0 Å². The summed E-state index contributed by atoms with van der Waals surface area (Å²) < 4.78 is 18.8. The minimum atomic E-state index is -0.334. The molecule has 2 N–H and O–H groups in total. The van der Waals surface area contributed by atoms with Crippen molar-refractivity contribution in [3.05, 3.63) is 23.0 Å². The van der Waals surface area contributed by atoms with Gasteiger partial charge in [0.1, 0.15) is 5.82 Å². The van der Waals surface area contributed by atoms with Crippen LogP contribution in [0.25, 0.3) is 0 Å². The summed E-state index contributed by atoms with van der Waals surface area (Å²) in [4.78, 5) is 1.91. The first-order valence-corrected chi connectivity index (χ1v) is 5.13. The maximum absolute atomic E-state index is 13.6. The summed E-state index contributed by atoms with van der Waals surface area (Å²) in [5.74, 6) is -0.334. The van der Waals surface area contributed by atoms with Gasteiger partial charge in [-0.2, -0.15) is 0 Å². The maximum Gasteiger partial charge on any atom is 0.148 e. The van der Waals surface area contributed by atoms with Gasteiger partial charge < -0.3 is 15.4 Å². The quantitative estimate of drug-likeness (QED) is 0.749. The Kier molecular flexibility index (Phi) is 2.98. The Hall–Kier alpha value is -1.00. The van der Waals surface area contributed by atoms with E-state index in [9.17, 15) is 4.39 Å². The molecule has 0 spiro atoms. The number of rotatable bonds is 1. The molecule has 1 aliphatic heterocycles. The molecule has 1 aromatic carbocycles. The summed E-state index contributed by atoms with van der Waals surface area (Å²) in [5.41, 5.74) is 6.27. The molecular formula is C10H12ClFN2O. The van der Waals surface area contributed by atoms with Gasteiger partial charge in [-0.15, -0.1) is 0 Å². The van der Waals surface area contributed by atoms with Gasteiger partial charge in [0.25, 0.3) is 0 Å². The number of nitrogens with zero attached hydrogens (tertiary/aromatic N) is 1. The number of nitrogen functional groups attached to an aromatic ring is 1. The molecule has 1 aliphatic rings. The molecule has 15 heavy (non-hydrogen) atoms. The number of ether oxygens (including phenoxy) is 1. The second-order valence-electron chi connectivity index (χ2n) is 3.42. The molecule has 1 aromatic rings. The fraction of sp³-hybridized carbons (Fsp3) is 0.400. The Bertz CT molecular complexity index is 367. The average molecular weight is 231 g/mol. The highest BCUT2D eigenvalue weighted by Gasteiger charge is 2.16. The fourth-order valence-electron chi connectivity index (χ4n) is 1.60. The third-order valence-corrected chi connectivity index (χ3v) is 2.75. The van der Waals surface area contributed by atoms with Gasteiger partial charge in [0, 0.05) is 19.2 Å². The molecule has 0 amide bonds. The predicted molar refractivity (Wildman–Crippen MR) is 58.9 cm³/mol. The summed E-state index contributed by atoms with van der Waals surface area (Å²) in [7, 11) is 0. The van der Waals surface area contributed by atoms with Crippen molar-refractivity contribution in [2.75, 3.05) is 36.9 Å². The monoisotopic (exact) mass is 230 g/mol. The fourth-order valence-corrected chi connectivity index (χ4v) is 1.76. The molecule has 0 aromatic heterocycles. The lowest BCUT2D eigenvalue weighted by molar-refractivity contribution is 0.122. The zero-order valence-corrected chi connectivity index (χ0v) is 8.93. The van der Waals surface area contributed by atoms with Gasteiger partial charge in [0.2, 0.25) is 0 Å². The molecule has 0 aliphatic carbocycles. The first kappa shape index (κ1) is 10.5. The molecule has 0 bridgehead atoms. The molecule has 0 radical (unpaired) electrons. The van der Waals surface area contributed by atoms with Gasteiger partial charge in [-0.3, -0.25) is 0 Å². The number of anilines is 2. The van der Waals surface area contributed by atoms with Crippen molar-refractivity contribution in [3.8, 4) is 0 Å². The van der Waals surface area contributed by atoms with Crippen molar-refractivity contribution in [2.45, 2.75) is 0 Å². The van der Waals surface area contributed by atoms with Crippen LogP contribution in [0.2, 0.25) is 5.02 Å². The number of halogens is 2. The van der Waals surface area contributed by atoms with Crippen LogP contribution in [0.5, 0.6) is 0 Å². The molecule has 0 unspecified atom stereocenters. The van der Waals surface area contributed by atoms with E-state index in [1.54, 1.807) is 6.07 Å². The van der Waals surface area contributed by atoms with Crippen molar-refractivity contribution >= 4 is 23.0 Å². The van der Waals surface area contributed by atoms with Crippen LogP contribution in [-0.2, 0) is 4.74 Å². The molecule has 1 fully saturated rings. The Labute approximate surface area is 92.6 Å².